The molecular weight excluding hydrogens is 378 g/mol. The summed E-state index contributed by atoms with van der Waals surface area (Å²) in [6.07, 6.45) is 1.49. The maximum Gasteiger partial charge on any atom is 0.300 e. The van der Waals surface area contributed by atoms with E-state index in [0.717, 1.165) is 22.3 Å². The highest BCUT2D eigenvalue weighted by Crippen LogP contribution is 2.43. The van der Waals surface area contributed by atoms with Gasteiger partial charge >= 0.3 is 0 Å². The van der Waals surface area contributed by atoms with Crippen LogP contribution in [-0.2, 0) is 9.59 Å². The van der Waals surface area contributed by atoms with Crippen LogP contribution < -0.4 is 4.90 Å². The van der Waals surface area contributed by atoms with E-state index in [-0.39, 0.29) is 11.3 Å². The Morgan fingerprint density at radius 1 is 0.933 bits per heavy atom. The van der Waals surface area contributed by atoms with Gasteiger partial charge in [-0.15, -0.1) is 0 Å². The summed E-state index contributed by atoms with van der Waals surface area (Å²) in [7, 11) is 0. The van der Waals surface area contributed by atoms with Crippen molar-refractivity contribution < 1.29 is 19.1 Å². The molecule has 1 aliphatic heterocycles. The Bertz CT molecular complexity index is 1190. The minimum atomic E-state index is -0.845. The number of amides is 1. The first-order chi connectivity index (χ1) is 14.3. The number of hydrogen-bond donors (Lipinski definition) is 1. The zero-order chi connectivity index (χ0) is 21.6. The molecule has 1 aromatic heterocycles. The normalized spacial score (nSPS) is 18.3. The third-order valence-corrected chi connectivity index (χ3v) is 5.67. The molecule has 1 aliphatic rings. The number of carbonyl (C=O) groups is 2. The van der Waals surface area contributed by atoms with Crippen LogP contribution in [0.3, 0.4) is 0 Å². The predicted molar refractivity (Wildman–Crippen MR) is 115 cm³/mol. The summed E-state index contributed by atoms with van der Waals surface area (Å²) >= 11 is 0. The quantitative estimate of drug-likeness (QED) is 0.375. The fourth-order valence-corrected chi connectivity index (χ4v) is 3.83. The summed E-state index contributed by atoms with van der Waals surface area (Å²) in [5.41, 5.74) is 4.99. The van der Waals surface area contributed by atoms with Gasteiger partial charge in [0.25, 0.3) is 11.7 Å². The van der Waals surface area contributed by atoms with Crippen LogP contribution in [-0.4, -0.2) is 16.8 Å². The average molecular weight is 401 g/mol. The lowest BCUT2D eigenvalue weighted by Crippen LogP contribution is -2.29. The Morgan fingerprint density at radius 3 is 2.33 bits per heavy atom. The van der Waals surface area contributed by atoms with E-state index >= 15 is 0 Å². The van der Waals surface area contributed by atoms with Crippen molar-refractivity contribution in [1.29, 1.82) is 0 Å². The van der Waals surface area contributed by atoms with E-state index in [1.165, 1.54) is 11.2 Å². The summed E-state index contributed by atoms with van der Waals surface area (Å²) in [5, 5.41) is 11.2. The van der Waals surface area contributed by atoms with Gasteiger partial charge in [-0.05, 0) is 74.7 Å². The van der Waals surface area contributed by atoms with Gasteiger partial charge in [-0.2, -0.15) is 0 Å². The number of furan rings is 1. The molecule has 0 spiro atoms. The average Bonchev–Trinajstić information content (AvgIpc) is 3.33. The van der Waals surface area contributed by atoms with Crippen LogP contribution >= 0.6 is 0 Å². The molecule has 1 N–H and O–H groups in total. The largest absolute Gasteiger partial charge is 0.507 e. The molecule has 30 heavy (non-hydrogen) atoms. The van der Waals surface area contributed by atoms with Crippen molar-refractivity contribution in [3.63, 3.8) is 0 Å². The minimum Gasteiger partial charge on any atom is -0.507 e. The second-order valence-electron chi connectivity index (χ2n) is 7.77. The maximum atomic E-state index is 13.1. The first-order valence-electron chi connectivity index (χ1n) is 9.79. The van der Waals surface area contributed by atoms with E-state index < -0.39 is 17.7 Å². The van der Waals surface area contributed by atoms with Gasteiger partial charge in [0.05, 0.1) is 11.8 Å². The third-order valence-electron chi connectivity index (χ3n) is 5.67. The lowest BCUT2D eigenvalue weighted by atomic mass is 9.96. The highest BCUT2D eigenvalue weighted by molar-refractivity contribution is 6.51. The summed E-state index contributed by atoms with van der Waals surface area (Å²) in [6, 6.07) is 13.8. The van der Waals surface area contributed by atoms with Crippen molar-refractivity contribution in [3.8, 4) is 0 Å². The van der Waals surface area contributed by atoms with Crippen molar-refractivity contribution in [3.05, 3.63) is 93.9 Å². The number of ketones is 1. The molecule has 1 saturated heterocycles. The molecule has 2 heterocycles. The van der Waals surface area contributed by atoms with Crippen LogP contribution in [0.5, 0.6) is 0 Å². The number of rotatable bonds is 3. The summed E-state index contributed by atoms with van der Waals surface area (Å²) < 4.78 is 5.60. The van der Waals surface area contributed by atoms with Crippen molar-refractivity contribution in [2.45, 2.75) is 33.7 Å². The van der Waals surface area contributed by atoms with E-state index in [1.807, 2.05) is 58.0 Å². The van der Waals surface area contributed by atoms with Gasteiger partial charge in [-0.25, -0.2) is 0 Å². The molecule has 1 atom stereocenters. The molecule has 4 rings (SSSR count). The zero-order valence-electron chi connectivity index (χ0n) is 17.4. The highest BCUT2D eigenvalue weighted by Gasteiger charge is 2.48. The molecule has 0 saturated carbocycles. The lowest BCUT2D eigenvalue weighted by Gasteiger charge is -2.24. The SMILES string of the molecule is Cc1ccc(C)c(/C(O)=C2/C(=O)C(=O)N(c3ccc(C)c(C)c3)C2c2ccco2)c1. The summed E-state index contributed by atoms with van der Waals surface area (Å²) in [4.78, 5) is 27.6. The number of anilines is 1. The number of aryl methyl sites for hydroxylation is 4. The molecule has 0 radical (unpaired) electrons. The van der Waals surface area contributed by atoms with Gasteiger partial charge in [0.1, 0.15) is 17.6 Å². The Kier molecular flexibility index (Phi) is 4.82. The number of aliphatic hydroxyl groups is 1. The molecule has 0 bridgehead atoms. The first kappa shape index (κ1) is 19.7. The van der Waals surface area contributed by atoms with Crippen LogP contribution in [0.2, 0.25) is 0 Å². The summed E-state index contributed by atoms with van der Waals surface area (Å²) in [5.74, 6) is -1.19. The Hall–Kier alpha value is -3.60. The van der Waals surface area contributed by atoms with E-state index in [4.69, 9.17) is 4.42 Å². The molecule has 5 nitrogen and oxygen atoms in total. The van der Waals surface area contributed by atoms with Crippen molar-refractivity contribution >= 4 is 23.1 Å². The minimum absolute atomic E-state index is 0.0295. The smallest absolute Gasteiger partial charge is 0.300 e. The van der Waals surface area contributed by atoms with Gasteiger partial charge < -0.3 is 9.52 Å². The summed E-state index contributed by atoms with van der Waals surface area (Å²) in [6.45, 7) is 7.70. The van der Waals surface area contributed by atoms with Crippen molar-refractivity contribution in [2.75, 3.05) is 4.90 Å². The van der Waals surface area contributed by atoms with E-state index in [1.54, 1.807) is 18.2 Å². The molecule has 1 amide bonds. The van der Waals surface area contributed by atoms with Gasteiger partial charge in [0.15, 0.2) is 0 Å². The molecular formula is C25H23NO4. The first-order valence-corrected chi connectivity index (χ1v) is 9.79. The second kappa shape index (κ2) is 7.34. The standard InChI is InChI=1S/C25H23NO4/c1-14-7-8-16(3)19(12-14)23(27)21-22(20-6-5-11-30-20)26(25(29)24(21)28)18-10-9-15(2)17(4)13-18/h5-13,22,27H,1-4H3/b23-21-. The lowest BCUT2D eigenvalue weighted by molar-refractivity contribution is -0.132. The Morgan fingerprint density at radius 2 is 1.67 bits per heavy atom. The number of benzene rings is 2. The van der Waals surface area contributed by atoms with Gasteiger partial charge in [0, 0.05) is 11.3 Å². The number of aliphatic hydroxyl groups excluding tert-OH is 1. The fourth-order valence-electron chi connectivity index (χ4n) is 3.83. The van der Waals surface area contributed by atoms with Gasteiger partial charge in [-0.3, -0.25) is 14.5 Å². The van der Waals surface area contributed by atoms with Gasteiger partial charge in [0.2, 0.25) is 0 Å². The van der Waals surface area contributed by atoms with Crippen LogP contribution in [0, 0.1) is 27.7 Å². The third kappa shape index (κ3) is 3.12. The number of hydrogen-bond acceptors (Lipinski definition) is 4. The predicted octanol–water partition coefficient (Wildman–Crippen LogP) is 5.14. The number of Topliss-reactive ketones (excluding diaryl/α,β-unsaturated/α-hetero) is 1. The molecule has 1 unspecified atom stereocenters. The maximum absolute atomic E-state index is 13.1. The monoisotopic (exact) mass is 401 g/mol. The van der Waals surface area contributed by atoms with Crippen LogP contribution in [0.25, 0.3) is 5.76 Å². The fraction of sp³-hybridized carbons (Fsp3) is 0.200. The van der Waals surface area contributed by atoms with Crippen molar-refractivity contribution in [1.82, 2.24) is 0 Å². The number of carbonyl (C=O) groups excluding carboxylic acids is 2. The van der Waals surface area contributed by atoms with Crippen molar-refractivity contribution in [2.24, 2.45) is 0 Å². The van der Waals surface area contributed by atoms with Crippen LogP contribution in [0.4, 0.5) is 5.69 Å². The highest BCUT2D eigenvalue weighted by atomic mass is 16.3. The molecule has 3 aromatic rings. The van der Waals surface area contributed by atoms with E-state index in [0.29, 0.717) is 17.0 Å². The second-order valence-corrected chi connectivity index (χ2v) is 7.77. The van der Waals surface area contributed by atoms with E-state index in [2.05, 4.69) is 0 Å². The number of nitrogens with zero attached hydrogens (tertiary/aromatic N) is 1. The molecule has 152 valence electrons. The Balaban J connectivity index is 1.96. The topological polar surface area (TPSA) is 70.8 Å². The van der Waals surface area contributed by atoms with Crippen LogP contribution in [0.1, 0.15) is 39.6 Å². The molecule has 2 aromatic carbocycles. The molecule has 5 heteroatoms. The molecule has 1 fully saturated rings. The zero-order valence-corrected chi connectivity index (χ0v) is 17.4. The van der Waals surface area contributed by atoms with Gasteiger partial charge in [-0.1, -0.05) is 23.8 Å². The molecule has 0 aliphatic carbocycles. The van der Waals surface area contributed by atoms with E-state index in [9.17, 15) is 14.7 Å². The van der Waals surface area contributed by atoms with Crippen LogP contribution in [0.15, 0.2) is 64.8 Å². The Labute approximate surface area is 175 Å².